The molecule has 1 amide bonds. The number of anilines is 1. The Bertz CT molecular complexity index is 481. The summed E-state index contributed by atoms with van der Waals surface area (Å²) in [6.45, 7) is 2.87. The highest BCUT2D eigenvalue weighted by Crippen LogP contribution is 2.28. The second-order valence-electron chi connectivity index (χ2n) is 4.63. The van der Waals surface area contributed by atoms with Crippen molar-refractivity contribution in [1.82, 2.24) is 0 Å². The molecule has 20 heavy (non-hydrogen) atoms. The van der Waals surface area contributed by atoms with Gasteiger partial charge in [-0.3, -0.25) is 4.79 Å². The van der Waals surface area contributed by atoms with Gasteiger partial charge in [0.05, 0.1) is 17.7 Å². The summed E-state index contributed by atoms with van der Waals surface area (Å²) in [4.78, 5) is 12.0. The van der Waals surface area contributed by atoms with Crippen LogP contribution in [0.4, 0.5) is 5.69 Å². The summed E-state index contributed by atoms with van der Waals surface area (Å²) in [7, 11) is 0. The van der Waals surface area contributed by atoms with Gasteiger partial charge in [0.2, 0.25) is 0 Å². The van der Waals surface area contributed by atoms with Crippen molar-refractivity contribution in [3.8, 4) is 5.75 Å². The Kier molecular flexibility index (Phi) is 5.23. The molecule has 0 spiro atoms. The van der Waals surface area contributed by atoms with Crippen molar-refractivity contribution < 1.29 is 14.3 Å². The molecule has 2 atom stereocenters. The highest BCUT2D eigenvalue weighted by Gasteiger charge is 2.29. The molecular weight excluding hydrogens is 280 g/mol. The predicted molar refractivity (Wildman–Crippen MR) is 78.2 cm³/mol. The lowest BCUT2D eigenvalue weighted by Gasteiger charge is -2.13. The van der Waals surface area contributed by atoms with Crippen LogP contribution in [-0.2, 0) is 9.53 Å². The topological polar surface area (TPSA) is 73.6 Å². The van der Waals surface area contributed by atoms with Crippen molar-refractivity contribution in [1.29, 1.82) is 0 Å². The predicted octanol–water partition coefficient (Wildman–Crippen LogP) is 2.18. The maximum absolute atomic E-state index is 12.0. The van der Waals surface area contributed by atoms with Gasteiger partial charge in [0.15, 0.2) is 0 Å². The minimum Gasteiger partial charge on any atom is -0.492 e. The molecule has 1 aromatic rings. The Labute approximate surface area is 123 Å². The van der Waals surface area contributed by atoms with Crippen molar-refractivity contribution in [2.75, 3.05) is 18.5 Å². The lowest BCUT2D eigenvalue weighted by Crippen LogP contribution is -2.29. The normalized spacial score (nSPS) is 21.8. The van der Waals surface area contributed by atoms with E-state index in [9.17, 15) is 4.79 Å². The molecule has 0 radical (unpaired) electrons. The molecule has 1 heterocycles. The number of halogens is 1. The fraction of sp³-hybridized carbons (Fsp3) is 0.500. The highest BCUT2D eigenvalue weighted by atomic mass is 35.5. The van der Waals surface area contributed by atoms with Crippen molar-refractivity contribution in [3.05, 3.63) is 23.2 Å². The Hall–Kier alpha value is -1.30. The number of nitrogens with two attached hydrogens (primary N) is 1. The molecule has 5 nitrogen and oxygen atoms in total. The molecule has 0 bridgehead atoms. The van der Waals surface area contributed by atoms with Crippen LogP contribution in [0.3, 0.4) is 0 Å². The van der Waals surface area contributed by atoms with Crippen LogP contribution < -0.4 is 15.8 Å². The zero-order valence-electron chi connectivity index (χ0n) is 11.4. The van der Waals surface area contributed by atoms with Crippen molar-refractivity contribution >= 4 is 23.2 Å². The Morgan fingerprint density at radius 3 is 2.95 bits per heavy atom. The monoisotopic (exact) mass is 298 g/mol. The van der Waals surface area contributed by atoms with Crippen LogP contribution in [0.5, 0.6) is 5.75 Å². The van der Waals surface area contributed by atoms with E-state index in [0.29, 0.717) is 36.0 Å². The second kappa shape index (κ2) is 6.92. The van der Waals surface area contributed by atoms with E-state index in [-0.39, 0.29) is 12.0 Å². The first-order valence-corrected chi connectivity index (χ1v) is 7.10. The number of benzene rings is 1. The van der Waals surface area contributed by atoms with Crippen LogP contribution in [0.25, 0.3) is 0 Å². The van der Waals surface area contributed by atoms with E-state index in [1.165, 1.54) is 0 Å². The minimum absolute atomic E-state index is 0.0188. The molecule has 3 N–H and O–H groups in total. The third-order valence-corrected chi connectivity index (χ3v) is 3.46. The number of hydrogen-bond acceptors (Lipinski definition) is 4. The van der Waals surface area contributed by atoms with Gasteiger partial charge in [-0.1, -0.05) is 11.6 Å². The largest absolute Gasteiger partial charge is 0.492 e. The summed E-state index contributed by atoms with van der Waals surface area (Å²) in [6.07, 6.45) is 1.06. The lowest BCUT2D eigenvalue weighted by atomic mass is 10.2. The molecule has 1 aliphatic heterocycles. The first-order valence-electron chi connectivity index (χ1n) is 6.72. The molecule has 6 heteroatoms. The van der Waals surface area contributed by atoms with Crippen LogP contribution in [0.1, 0.15) is 19.8 Å². The number of amides is 1. The summed E-state index contributed by atoms with van der Waals surface area (Å²) in [6, 6.07) is 5.16. The Morgan fingerprint density at radius 2 is 2.35 bits per heavy atom. The van der Waals surface area contributed by atoms with Gasteiger partial charge in [0, 0.05) is 12.2 Å². The number of rotatable bonds is 5. The Balaban J connectivity index is 1.96. The van der Waals surface area contributed by atoms with Gasteiger partial charge in [-0.2, -0.15) is 0 Å². The number of nitrogens with one attached hydrogen (secondary N) is 1. The molecule has 110 valence electrons. The lowest BCUT2D eigenvalue weighted by molar-refractivity contribution is -0.126. The van der Waals surface area contributed by atoms with Crippen molar-refractivity contribution in [3.63, 3.8) is 0 Å². The number of hydrogen-bond donors (Lipinski definition) is 2. The van der Waals surface area contributed by atoms with Crippen molar-refractivity contribution in [2.45, 2.75) is 32.0 Å². The summed E-state index contributed by atoms with van der Waals surface area (Å²) < 4.78 is 10.9. The number of ether oxygens (including phenoxy) is 2. The molecule has 0 unspecified atom stereocenters. The highest BCUT2D eigenvalue weighted by molar-refractivity contribution is 6.32. The fourth-order valence-corrected chi connectivity index (χ4v) is 2.38. The van der Waals surface area contributed by atoms with Gasteiger partial charge in [0.25, 0.3) is 5.91 Å². The van der Waals surface area contributed by atoms with Gasteiger partial charge >= 0.3 is 0 Å². The molecule has 0 aliphatic carbocycles. The molecule has 1 fully saturated rings. The number of carbonyl (C=O) groups excluding carboxylic acids is 1. The van der Waals surface area contributed by atoms with E-state index >= 15 is 0 Å². The van der Waals surface area contributed by atoms with Gasteiger partial charge in [-0.05, 0) is 38.0 Å². The van der Waals surface area contributed by atoms with Crippen LogP contribution in [0, 0.1) is 0 Å². The average molecular weight is 299 g/mol. The van der Waals surface area contributed by atoms with E-state index in [2.05, 4.69) is 5.32 Å². The molecule has 2 rings (SSSR count). The quantitative estimate of drug-likeness (QED) is 0.874. The molecular formula is C14H19ClN2O3. The van der Waals surface area contributed by atoms with Gasteiger partial charge in [-0.25, -0.2) is 0 Å². The van der Waals surface area contributed by atoms with Crippen LogP contribution in [-0.4, -0.2) is 31.3 Å². The maximum Gasteiger partial charge on any atom is 0.253 e. The van der Waals surface area contributed by atoms with Gasteiger partial charge < -0.3 is 20.5 Å². The summed E-state index contributed by atoms with van der Waals surface area (Å²) in [5.41, 5.74) is 6.15. The fourth-order valence-electron chi connectivity index (χ4n) is 2.15. The van der Waals surface area contributed by atoms with Crippen LogP contribution in [0.15, 0.2) is 18.2 Å². The molecule has 0 aromatic heterocycles. The smallest absolute Gasteiger partial charge is 0.253 e. The Morgan fingerprint density at radius 1 is 1.55 bits per heavy atom. The standard InChI is InChI=1S/C14H19ClN2O3/c1-2-19-12-5-3-9(7-11(12)15)17-14(18)13-6-4-10(8-16)20-13/h3,5,7,10,13H,2,4,6,8,16H2,1H3,(H,17,18)/t10-,13+/m1/s1. The first-order chi connectivity index (χ1) is 9.63. The molecule has 1 aromatic carbocycles. The van der Waals surface area contributed by atoms with Gasteiger partial charge in [0.1, 0.15) is 11.9 Å². The number of carbonyl (C=O) groups is 1. The van der Waals surface area contributed by atoms with E-state index in [1.54, 1.807) is 18.2 Å². The third kappa shape index (κ3) is 3.62. The van der Waals surface area contributed by atoms with Crippen molar-refractivity contribution in [2.24, 2.45) is 5.73 Å². The minimum atomic E-state index is -0.436. The van der Waals surface area contributed by atoms with E-state index < -0.39 is 6.10 Å². The zero-order valence-corrected chi connectivity index (χ0v) is 12.2. The second-order valence-corrected chi connectivity index (χ2v) is 5.03. The summed E-state index contributed by atoms with van der Waals surface area (Å²) in [5, 5.41) is 3.26. The zero-order chi connectivity index (χ0) is 14.5. The van der Waals surface area contributed by atoms with Crippen LogP contribution in [0.2, 0.25) is 5.02 Å². The SMILES string of the molecule is CCOc1ccc(NC(=O)[C@@H]2CC[C@H](CN)O2)cc1Cl. The summed E-state index contributed by atoms with van der Waals surface area (Å²) in [5.74, 6) is 0.439. The van der Waals surface area contributed by atoms with Gasteiger partial charge in [-0.15, -0.1) is 0 Å². The molecule has 0 saturated carbocycles. The van der Waals surface area contributed by atoms with Crippen LogP contribution >= 0.6 is 11.6 Å². The van der Waals surface area contributed by atoms with E-state index in [4.69, 9.17) is 26.8 Å². The average Bonchev–Trinajstić information content (AvgIpc) is 2.91. The third-order valence-electron chi connectivity index (χ3n) is 3.16. The summed E-state index contributed by atoms with van der Waals surface area (Å²) >= 11 is 6.07. The van der Waals surface area contributed by atoms with E-state index in [0.717, 1.165) is 6.42 Å². The van der Waals surface area contributed by atoms with E-state index in [1.807, 2.05) is 6.92 Å². The first kappa shape index (κ1) is 15.1. The molecule has 1 saturated heterocycles. The molecule has 1 aliphatic rings. The maximum atomic E-state index is 12.0.